The van der Waals surface area contributed by atoms with Crippen molar-refractivity contribution < 1.29 is 18.0 Å². The molecule has 1 aromatic rings. The van der Waals surface area contributed by atoms with E-state index in [9.17, 15) is 18.0 Å². The molecule has 2 nitrogen and oxygen atoms in total. The van der Waals surface area contributed by atoms with Crippen molar-refractivity contribution in [1.29, 1.82) is 0 Å². The highest BCUT2D eigenvalue weighted by atomic mass is 19.4. The third kappa shape index (κ3) is 4.80. The minimum atomic E-state index is -4.54. The lowest BCUT2D eigenvalue weighted by atomic mass is 10.2. The molecule has 0 heterocycles. The standard InChI is InChI=1S/C12H12F3NO/c1-9(17)7-11(12(13,14)15)16-8-10-5-3-2-4-6-10/h2-6H,7-8H2,1H3. The Morgan fingerprint density at radius 1 is 1.24 bits per heavy atom. The van der Waals surface area contributed by atoms with Crippen molar-refractivity contribution in [1.82, 2.24) is 0 Å². The van der Waals surface area contributed by atoms with Gasteiger partial charge in [0.25, 0.3) is 0 Å². The number of hydrogen-bond donors (Lipinski definition) is 0. The van der Waals surface area contributed by atoms with Crippen molar-refractivity contribution in [3.8, 4) is 0 Å². The van der Waals surface area contributed by atoms with Crippen LogP contribution in [-0.2, 0) is 11.3 Å². The fourth-order valence-electron chi connectivity index (χ4n) is 1.25. The van der Waals surface area contributed by atoms with Crippen LogP contribution < -0.4 is 0 Å². The van der Waals surface area contributed by atoms with Crippen LogP contribution in [0.4, 0.5) is 13.2 Å². The van der Waals surface area contributed by atoms with Gasteiger partial charge in [0.2, 0.25) is 0 Å². The summed E-state index contributed by atoms with van der Waals surface area (Å²) in [5.41, 5.74) is -0.341. The molecule has 0 amide bonds. The van der Waals surface area contributed by atoms with Gasteiger partial charge in [-0.3, -0.25) is 9.79 Å². The number of benzene rings is 1. The quantitative estimate of drug-likeness (QED) is 0.747. The summed E-state index contributed by atoms with van der Waals surface area (Å²) in [6.07, 6.45) is -5.21. The highest BCUT2D eigenvalue weighted by Crippen LogP contribution is 2.20. The SMILES string of the molecule is CC(=O)CC(=NCc1ccccc1)C(F)(F)F. The molecule has 0 N–H and O–H groups in total. The average Bonchev–Trinajstić information content (AvgIpc) is 2.23. The summed E-state index contributed by atoms with van der Waals surface area (Å²) in [6.45, 7) is 1.05. The van der Waals surface area contributed by atoms with Gasteiger partial charge in [0.15, 0.2) is 0 Å². The molecule has 0 saturated carbocycles. The molecule has 17 heavy (non-hydrogen) atoms. The monoisotopic (exact) mass is 243 g/mol. The minimum Gasteiger partial charge on any atom is -0.300 e. The van der Waals surface area contributed by atoms with E-state index in [1.807, 2.05) is 0 Å². The number of Topliss-reactive ketones (excluding diaryl/α,β-unsaturated/α-hetero) is 1. The number of halogens is 3. The molecule has 0 saturated heterocycles. The van der Waals surface area contributed by atoms with Gasteiger partial charge in [-0.05, 0) is 12.5 Å². The Bertz CT molecular complexity index is 410. The Balaban J connectivity index is 2.80. The fourth-order valence-corrected chi connectivity index (χ4v) is 1.25. The van der Waals surface area contributed by atoms with Crippen LogP contribution in [0.3, 0.4) is 0 Å². The molecule has 0 aliphatic rings. The van der Waals surface area contributed by atoms with E-state index >= 15 is 0 Å². The van der Waals surface area contributed by atoms with Crippen LogP contribution in [-0.4, -0.2) is 17.7 Å². The third-order valence-electron chi connectivity index (χ3n) is 2.04. The van der Waals surface area contributed by atoms with Crippen molar-refractivity contribution in [3.05, 3.63) is 35.9 Å². The van der Waals surface area contributed by atoms with Crippen LogP contribution in [0.1, 0.15) is 18.9 Å². The predicted octanol–water partition coefficient (Wildman–Crippen LogP) is 3.17. The molecular weight excluding hydrogens is 231 g/mol. The average molecular weight is 243 g/mol. The minimum absolute atomic E-state index is 0.0665. The molecule has 0 spiro atoms. The molecule has 0 bridgehead atoms. The first-order chi connectivity index (χ1) is 7.89. The lowest BCUT2D eigenvalue weighted by Gasteiger charge is -2.09. The summed E-state index contributed by atoms with van der Waals surface area (Å²) < 4.78 is 37.5. The first-order valence-corrected chi connectivity index (χ1v) is 5.03. The molecule has 0 aromatic heterocycles. The molecule has 5 heteroatoms. The van der Waals surface area contributed by atoms with Crippen LogP contribution in [0.2, 0.25) is 0 Å². The molecule has 0 unspecified atom stereocenters. The maximum absolute atomic E-state index is 12.5. The summed E-state index contributed by atoms with van der Waals surface area (Å²) in [7, 11) is 0. The van der Waals surface area contributed by atoms with Gasteiger partial charge in [-0.15, -0.1) is 0 Å². The van der Waals surface area contributed by atoms with Crippen molar-refractivity contribution in [2.75, 3.05) is 0 Å². The van der Waals surface area contributed by atoms with Crippen LogP contribution >= 0.6 is 0 Å². The van der Waals surface area contributed by atoms with Gasteiger partial charge >= 0.3 is 6.18 Å². The summed E-state index contributed by atoms with van der Waals surface area (Å²) in [4.78, 5) is 14.2. The zero-order valence-corrected chi connectivity index (χ0v) is 9.29. The van der Waals surface area contributed by atoms with Crippen LogP contribution in [0.15, 0.2) is 35.3 Å². The van der Waals surface area contributed by atoms with E-state index in [2.05, 4.69) is 4.99 Å². The largest absolute Gasteiger partial charge is 0.429 e. The first-order valence-electron chi connectivity index (χ1n) is 5.03. The molecule has 0 aliphatic carbocycles. The Morgan fingerprint density at radius 3 is 2.29 bits per heavy atom. The number of aliphatic imine (C=N–C) groups is 1. The maximum Gasteiger partial charge on any atom is 0.429 e. The summed E-state index contributed by atoms with van der Waals surface area (Å²) in [5.74, 6) is -0.547. The van der Waals surface area contributed by atoms with E-state index in [1.54, 1.807) is 30.3 Å². The smallest absolute Gasteiger partial charge is 0.300 e. The number of carbonyl (C=O) groups excluding carboxylic acids is 1. The Kier molecular flexibility index (Phi) is 4.43. The van der Waals surface area contributed by atoms with E-state index in [1.165, 1.54) is 0 Å². The molecule has 92 valence electrons. The van der Waals surface area contributed by atoms with Gasteiger partial charge in [0.1, 0.15) is 11.5 Å². The van der Waals surface area contributed by atoms with Crippen LogP contribution in [0.25, 0.3) is 0 Å². The summed E-state index contributed by atoms with van der Waals surface area (Å²) >= 11 is 0. The summed E-state index contributed by atoms with van der Waals surface area (Å²) in [6, 6.07) is 8.59. The van der Waals surface area contributed by atoms with Gasteiger partial charge < -0.3 is 0 Å². The van der Waals surface area contributed by atoms with Gasteiger partial charge in [-0.2, -0.15) is 13.2 Å². The highest BCUT2D eigenvalue weighted by Gasteiger charge is 2.35. The van der Waals surface area contributed by atoms with Gasteiger partial charge in [-0.1, -0.05) is 30.3 Å². The lowest BCUT2D eigenvalue weighted by molar-refractivity contribution is -0.117. The first kappa shape index (κ1) is 13.4. The number of carbonyl (C=O) groups is 1. The van der Waals surface area contributed by atoms with E-state index in [0.717, 1.165) is 6.92 Å². The van der Waals surface area contributed by atoms with E-state index in [4.69, 9.17) is 0 Å². The zero-order valence-electron chi connectivity index (χ0n) is 9.29. The van der Waals surface area contributed by atoms with Crippen LogP contribution in [0, 0.1) is 0 Å². The highest BCUT2D eigenvalue weighted by molar-refractivity contribution is 6.03. The second-order valence-corrected chi connectivity index (χ2v) is 3.63. The van der Waals surface area contributed by atoms with Crippen molar-refractivity contribution in [3.63, 3.8) is 0 Å². The van der Waals surface area contributed by atoms with Crippen LogP contribution in [0.5, 0.6) is 0 Å². The Morgan fingerprint density at radius 2 is 1.82 bits per heavy atom. The zero-order chi connectivity index (χ0) is 12.9. The van der Waals surface area contributed by atoms with Crippen molar-refractivity contribution in [2.45, 2.75) is 26.1 Å². The molecule has 1 rings (SSSR count). The second-order valence-electron chi connectivity index (χ2n) is 3.63. The van der Waals surface area contributed by atoms with Crippen molar-refractivity contribution in [2.24, 2.45) is 4.99 Å². The lowest BCUT2D eigenvalue weighted by Crippen LogP contribution is -2.25. The summed E-state index contributed by atoms with van der Waals surface area (Å²) in [5, 5.41) is 0. The molecule has 1 aromatic carbocycles. The van der Waals surface area contributed by atoms with Gasteiger partial charge in [0, 0.05) is 0 Å². The number of rotatable bonds is 4. The van der Waals surface area contributed by atoms with Crippen molar-refractivity contribution >= 4 is 11.5 Å². The number of alkyl halides is 3. The topological polar surface area (TPSA) is 29.4 Å². The third-order valence-corrected chi connectivity index (χ3v) is 2.04. The molecular formula is C12H12F3NO. The van der Waals surface area contributed by atoms with E-state index < -0.39 is 24.1 Å². The maximum atomic E-state index is 12.5. The number of ketones is 1. The fraction of sp³-hybridized carbons (Fsp3) is 0.333. The Hall–Kier alpha value is -1.65. The normalized spacial score (nSPS) is 12.6. The van der Waals surface area contributed by atoms with E-state index in [0.29, 0.717) is 5.56 Å². The number of hydrogen-bond acceptors (Lipinski definition) is 2. The molecule has 0 fully saturated rings. The second kappa shape index (κ2) is 5.61. The van der Waals surface area contributed by atoms with E-state index in [-0.39, 0.29) is 6.54 Å². The van der Waals surface area contributed by atoms with Gasteiger partial charge in [0.05, 0.1) is 13.0 Å². The predicted molar refractivity (Wildman–Crippen MR) is 58.9 cm³/mol. The molecule has 0 radical (unpaired) electrons. The van der Waals surface area contributed by atoms with Gasteiger partial charge in [-0.25, -0.2) is 0 Å². The number of nitrogens with zero attached hydrogens (tertiary/aromatic N) is 1. The molecule has 0 atom stereocenters. The Labute approximate surface area is 97.2 Å². The molecule has 0 aliphatic heterocycles.